The number of aromatic carboxylic acids is 1. The molecule has 0 atom stereocenters. The highest BCUT2D eigenvalue weighted by atomic mass is 16.4. The molecule has 104 valence electrons. The van der Waals surface area contributed by atoms with Crippen molar-refractivity contribution in [1.82, 2.24) is 10.4 Å². The van der Waals surface area contributed by atoms with Gasteiger partial charge in [0.15, 0.2) is 0 Å². The van der Waals surface area contributed by atoms with Crippen LogP contribution in [0.2, 0.25) is 0 Å². The Bertz CT molecular complexity index is 678. The normalized spacial score (nSPS) is 20.2. The molecule has 3 N–H and O–H groups in total. The number of hydrazone groups is 1. The Labute approximate surface area is 115 Å². The van der Waals surface area contributed by atoms with Gasteiger partial charge < -0.3 is 10.1 Å². The van der Waals surface area contributed by atoms with Crippen molar-refractivity contribution < 1.29 is 14.7 Å². The number of nitrogens with one attached hydrogen (secondary N) is 2. The molecule has 1 aromatic rings. The molecule has 2 heterocycles. The van der Waals surface area contributed by atoms with Crippen molar-refractivity contribution in [3.05, 3.63) is 28.1 Å². The van der Waals surface area contributed by atoms with Crippen LogP contribution < -0.4 is 5.43 Å². The number of aromatic amines is 1. The summed E-state index contributed by atoms with van der Waals surface area (Å²) >= 11 is 0. The second-order valence-corrected chi connectivity index (χ2v) is 5.24. The van der Waals surface area contributed by atoms with Crippen molar-refractivity contribution in [3.8, 4) is 0 Å². The zero-order chi connectivity index (χ0) is 14.4. The molecule has 1 aliphatic heterocycles. The van der Waals surface area contributed by atoms with E-state index in [1.807, 2.05) is 0 Å². The van der Waals surface area contributed by atoms with Crippen LogP contribution in [0.4, 0.5) is 0 Å². The first kappa shape index (κ1) is 12.7. The van der Waals surface area contributed by atoms with Gasteiger partial charge >= 0.3 is 5.97 Å². The summed E-state index contributed by atoms with van der Waals surface area (Å²) in [6.45, 7) is 3.45. The Hall–Kier alpha value is -2.37. The summed E-state index contributed by atoms with van der Waals surface area (Å²) in [6.07, 6.45) is 3.80. The molecule has 0 saturated heterocycles. The molecule has 0 aromatic carbocycles. The van der Waals surface area contributed by atoms with Crippen molar-refractivity contribution in [3.63, 3.8) is 0 Å². The van der Waals surface area contributed by atoms with Gasteiger partial charge in [-0.1, -0.05) is 0 Å². The summed E-state index contributed by atoms with van der Waals surface area (Å²) < 4.78 is 0. The van der Waals surface area contributed by atoms with Crippen molar-refractivity contribution >= 4 is 23.7 Å². The quantitative estimate of drug-likeness (QED) is 0.730. The van der Waals surface area contributed by atoms with Crippen LogP contribution in [0.25, 0.3) is 6.08 Å². The standard InChI is InChI=1S/C14H15N3O3/c1-6-10(15-7(2)11(6)14(19)20)5-9-12(8-3-4-8)16-17-13(9)18/h5,8,15H,3-4H2,1-2H3,(H,17,18)(H,19,20)/b9-5+. The molecule has 0 spiro atoms. The van der Waals surface area contributed by atoms with Gasteiger partial charge in [-0.2, -0.15) is 5.10 Å². The minimum Gasteiger partial charge on any atom is -0.478 e. The van der Waals surface area contributed by atoms with Gasteiger partial charge in [0.1, 0.15) is 0 Å². The number of amides is 1. The van der Waals surface area contributed by atoms with E-state index in [4.69, 9.17) is 0 Å². The molecule has 1 aliphatic carbocycles. The number of aromatic nitrogens is 1. The molecule has 6 nitrogen and oxygen atoms in total. The topological polar surface area (TPSA) is 94.5 Å². The molecular formula is C14H15N3O3. The predicted octanol–water partition coefficient (Wildman–Crippen LogP) is 1.61. The number of carboxylic acids is 1. The third-order valence-electron chi connectivity index (χ3n) is 3.74. The number of carboxylic acid groups (broad SMARTS) is 1. The molecule has 0 radical (unpaired) electrons. The van der Waals surface area contributed by atoms with Crippen molar-refractivity contribution in [2.24, 2.45) is 11.0 Å². The van der Waals surface area contributed by atoms with Gasteiger partial charge in [0.25, 0.3) is 5.91 Å². The van der Waals surface area contributed by atoms with Gasteiger partial charge in [-0.25, -0.2) is 10.2 Å². The molecular weight excluding hydrogens is 258 g/mol. The van der Waals surface area contributed by atoms with E-state index >= 15 is 0 Å². The fourth-order valence-electron chi connectivity index (χ4n) is 2.54. The number of hydrogen-bond acceptors (Lipinski definition) is 3. The van der Waals surface area contributed by atoms with Gasteiger partial charge in [-0.15, -0.1) is 0 Å². The Balaban J connectivity index is 2.03. The lowest BCUT2D eigenvalue weighted by molar-refractivity contribution is -0.116. The Morgan fingerprint density at radius 3 is 2.65 bits per heavy atom. The zero-order valence-corrected chi connectivity index (χ0v) is 11.3. The summed E-state index contributed by atoms with van der Waals surface area (Å²) in [7, 11) is 0. The summed E-state index contributed by atoms with van der Waals surface area (Å²) in [5, 5.41) is 13.2. The first-order valence-corrected chi connectivity index (χ1v) is 6.51. The Kier molecular flexibility index (Phi) is 2.74. The second kappa shape index (κ2) is 4.33. The predicted molar refractivity (Wildman–Crippen MR) is 73.5 cm³/mol. The number of H-pyrrole nitrogens is 1. The lowest BCUT2D eigenvalue weighted by Gasteiger charge is -1.99. The van der Waals surface area contributed by atoms with Crippen molar-refractivity contribution in [2.75, 3.05) is 0 Å². The number of carbonyl (C=O) groups excluding carboxylic acids is 1. The van der Waals surface area contributed by atoms with Gasteiger partial charge in [0, 0.05) is 17.3 Å². The van der Waals surface area contributed by atoms with E-state index in [2.05, 4.69) is 15.5 Å². The Morgan fingerprint density at radius 1 is 1.40 bits per heavy atom. The highest BCUT2D eigenvalue weighted by molar-refractivity contribution is 6.28. The number of hydrogen-bond donors (Lipinski definition) is 3. The molecule has 2 aliphatic rings. The van der Waals surface area contributed by atoms with E-state index in [0.717, 1.165) is 18.6 Å². The average molecular weight is 273 g/mol. The number of rotatable bonds is 3. The number of carbonyl (C=O) groups is 2. The zero-order valence-electron chi connectivity index (χ0n) is 11.3. The number of aryl methyl sites for hydroxylation is 1. The molecule has 20 heavy (non-hydrogen) atoms. The van der Waals surface area contributed by atoms with E-state index in [1.165, 1.54) is 0 Å². The maximum absolute atomic E-state index is 11.8. The lowest BCUT2D eigenvalue weighted by atomic mass is 10.0. The average Bonchev–Trinajstić information content (AvgIpc) is 3.09. The van der Waals surface area contributed by atoms with Crippen molar-refractivity contribution in [1.29, 1.82) is 0 Å². The molecule has 3 rings (SSSR count). The molecule has 1 amide bonds. The van der Waals surface area contributed by atoms with Crippen LogP contribution in [-0.4, -0.2) is 27.7 Å². The van der Waals surface area contributed by atoms with E-state index in [-0.39, 0.29) is 11.5 Å². The van der Waals surface area contributed by atoms with Gasteiger partial charge in [0.2, 0.25) is 0 Å². The van der Waals surface area contributed by atoms with E-state index in [1.54, 1.807) is 19.9 Å². The monoisotopic (exact) mass is 273 g/mol. The van der Waals surface area contributed by atoms with Crippen LogP contribution in [0.5, 0.6) is 0 Å². The molecule has 0 bridgehead atoms. The molecule has 0 unspecified atom stereocenters. The lowest BCUT2D eigenvalue weighted by Crippen LogP contribution is -2.13. The fourth-order valence-corrected chi connectivity index (χ4v) is 2.54. The maximum Gasteiger partial charge on any atom is 0.337 e. The first-order valence-electron chi connectivity index (χ1n) is 6.51. The van der Waals surface area contributed by atoms with E-state index < -0.39 is 5.97 Å². The van der Waals surface area contributed by atoms with Gasteiger partial charge in [0.05, 0.1) is 16.8 Å². The van der Waals surface area contributed by atoms with E-state index in [9.17, 15) is 14.7 Å². The van der Waals surface area contributed by atoms with E-state index in [0.29, 0.717) is 28.4 Å². The molecule has 6 heteroatoms. The molecule has 1 fully saturated rings. The minimum atomic E-state index is -0.965. The van der Waals surface area contributed by atoms with Gasteiger partial charge in [-0.3, -0.25) is 4.79 Å². The van der Waals surface area contributed by atoms with Gasteiger partial charge in [-0.05, 0) is 38.3 Å². The largest absolute Gasteiger partial charge is 0.478 e. The summed E-state index contributed by atoms with van der Waals surface area (Å²) in [6, 6.07) is 0. The van der Waals surface area contributed by atoms with Crippen molar-refractivity contribution in [2.45, 2.75) is 26.7 Å². The number of nitrogens with zero attached hydrogens (tertiary/aromatic N) is 1. The van der Waals surface area contributed by atoms with Crippen LogP contribution >= 0.6 is 0 Å². The first-order chi connectivity index (χ1) is 9.49. The Morgan fingerprint density at radius 2 is 2.10 bits per heavy atom. The smallest absolute Gasteiger partial charge is 0.337 e. The van der Waals surface area contributed by atoms with Crippen LogP contribution in [0, 0.1) is 19.8 Å². The van der Waals surface area contributed by atoms with Crippen LogP contribution in [0.15, 0.2) is 10.7 Å². The SMILES string of the molecule is Cc1[nH]c(/C=C2/C(=O)NN=C2C2CC2)c(C)c1C(=O)O. The van der Waals surface area contributed by atoms with Crippen LogP contribution in [0.1, 0.15) is 40.2 Å². The fraction of sp³-hybridized carbons (Fsp3) is 0.357. The summed E-state index contributed by atoms with van der Waals surface area (Å²) in [4.78, 5) is 26.1. The minimum absolute atomic E-state index is 0.226. The third-order valence-corrected chi connectivity index (χ3v) is 3.74. The van der Waals surface area contributed by atoms with Crippen LogP contribution in [-0.2, 0) is 4.79 Å². The van der Waals surface area contributed by atoms with Crippen LogP contribution in [0.3, 0.4) is 0 Å². The second-order valence-electron chi connectivity index (χ2n) is 5.24. The highest BCUT2D eigenvalue weighted by Crippen LogP contribution is 2.35. The maximum atomic E-state index is 11.8. The highest BCUT2D eigenvalue weighted by Gasteiger charge is 2.36. The summed E-state index contributed by atoms with van der Waals surface area (Å²) in [5.41, 5.74) is 5.94. The summed E-state index contributed by atoms with van der Waals surface area (Å²) in [5.74, 6) is -0.834. The third kappa shape index (κ3) is 1.93. The molecule has 1 aromatic heterocycles. The molecule has 1 saturated carbocycles.